The number of urea groups is 1. The Kier molecular flexibility index (Phi) is 5.53. The lowest BCUT2D eigenvalue weighted by molar-refractivity contribution is 0.262. The molecule has 30 heavy (non-hydrogen) atoms. The van der Waals surface area contributed by atoms with E-state index in [2.05, 4.69) is 40.4 Å². The first-order chi connectivity index (χ1) is 14.5. The van der Waals surface area contributed by atoms with E-state index in [4.69, 9.17) is 4.98 Å². The molecule has 0 bridgehead atoms. The van der Waals surface area contributed by atoms with Crippen molar-refractivity contribution in [3.05, 3.63) is 89.2 Å². The molecule has 3 aromatic carbocycles. The van der Waals surface area contributed by atoms with Crippen molar-refractivity contribution in [1.82, 2.24) is 9.55 Å². The molecular formula is C25H26N4O. The van der Waals surface area contributed by atoms with Crippen LogP contribution < -0.4 is 10.6 Å². The molecule has 0 unspecified atom stereocenters. The number of carbonyl (C=O) groups is 1. The molecule has 0 saturated carbocycles. The van der Waals surface area contributed by atoms with Crippen molar-refractivity contribution in [3.8, 4) is 0 Å². The van der Waals surface area contributed by atoms with Crippen LogP contribution in [0.4, 0.5) is 16.2 Å². The van der Waals surface area contributed by atoms with Crippen LogP contribution in [-0.4, -0.2) is 15.6 Å². The summed E-state index contributed by atoms with van der Waals surface area (Å²) in [5.41, 5.74) is 7.22. The van der Waals surface area contributed by atoms with E-state index >= 15 is 0 Å². The van der Waals surface area contributed by atoms with Gasteiger partial charge in [-0.05, 0) is 67.3 Å². The number of amides is 2. The summed E-state index contributed by atoms with van der Waals surface area (Å²) in [6, 6.07) is 21.8. The number of benzene rings is 3. The SMILES string of the molecule is Cc1cccc(NC(=O)Nc2ccc(CCc3nc4ccccc4n3C)cc2)c1C. The Morgan fingerprint density at radius 3 is 2.43 bits per heavy atom. The Bertz CT molecular complexity index is 1190. The van der Waals surface area contributed by atoms with Gasteiger partial charge in [0.05, 0.1) is 11.0 Å². The maximum absolute atomic E-state index is 12.3. The van der Waals surface area contributed by atoms with E-state index in [0.29, 0.717) is 0 Å². The second-order valence-electron chi connectivity index (χ2n) is 7.60. The van der Waals surface area contributed by atoms with Crippen molar-refractivity contribution in [2.75, 3.05) is 10.6 Å². The highest BCUT2D eigenvalue weighted by Gasteiger charge is 2.08. The summed E-state index contributed by atoms with van der Waals surface area (Å²) in [4.78, 5) is 17.1. The topological polar surface area (TPSA) is 59.0 Å². The summed E-state index contributed by atoms with van der Waals surface area (Å²) in [5.74, 6) is 1.08. The van der Waals surface area contributed by atoms with E-state index in [-0.39, 0.29) is 6.03 Å². The number of carbonyl (C=O) groups excluding carboxylic acids is 1. The van der Waals surface area contributed by atoms with Gasteiger partial charge in [-0.1, -0.05) is 36.4 Å². The molecule has 152 valence electrons. The van der Waals surface area contributed by atoms with Gasteiger partial charge in [-0.25, -0.2) is 9.78 Å². The van der Waals surface area contributed by atoms with Gasteiger partial charge in [0.2, 0.25) is 0 Å². The third kappa shape index (κ3) is 4.20. The number of anilines is 2. The molecule has 0 spiro atoms. The van der Waals surface area contributed by atoms with Crippen LogP contribution in [0.25, 0.3) is 11.0 Å². The number of nitrogens with zero attached hydrogens (tertiary/aromatic N) is 2. The first-order valence-electron chi connectivity index (χ1n) is 10.1. The van der Waals surface area contributed by atoms with Crippen molar-refractivity contribution in [1.29, 1.82) is 0 Å². The van der Waals surface area contributed by atoms with Crippen LogP contribution in [0.5, 0.6) is 0 Å². The lowest BCUT2D eigenvalue weighted by atomic mass is 10.1. The van der Waals surface area contributed by atoms with Crippen LogP contribution in [-0.2, 0) is 19.9 Å². The molecule has 1 heterocycles. The Labute approximate surface area is 176 Å². The fourth-order valence-electron chi connectivity index (χ4n) is 3.60. The molecule has 0 fully saturated rings. The monoisotopic (exact) mass is 398 g/mol. The van der Waals surface area contributed by atoms with Crippen molar-refractivity contribution in [3.63, 3.8) is 0 Å². The van der Waals surface area contributed by atoms with Crippen LogP contribution in [0, 0.1) is 13.8 Å². The first-order valence-corrected chi connectivity index (χ1v) is 10.1. The predicted octanol–water partition coefficient (Wildman–Crippen LogP) is 5.62. The van der Waals surface area contributed by atoms with E-state index < -0.39 is 0 Å². The summed E-state index contributed by atoms with van der Waals surface area (Å²) in [5, 5.41) is 5.82. The Hall–Kier alpha value is -3.60. The van der Waals surface area contributed by atoms with Crippen LogP contribution in [0.2, 0.25) is 0 Å². The maximum Gasteiger partial charge on any atom is 0.323 e. The second-order valence-corrected chi connectivity index (χ2v) is 7.60. The average Bonchev–Trinajstić information content (AvgIpc) is 3.07. The summed E-state index contributed by atoms with van der Waals surface area (Å²) >= 11 is 0. The summed E-state index contributed by atoms with van der Waals surface area (Å²) in [6.45, 7) is 4.04. The summed E-state index contributed by atoms with van der Waals surface area (Å²) in [7, 11) is 2.06. The lowest BCUT2D eigenvalue weighted by Gasteiger charge is -2.12. The normalized spacial score (nSPS) is 10.9. The quantitative estimate of drug-likeness (QED) is 0.458. The Morgan fingerprint density at radius 1 is 0.900 bits per heavy atom. The van der Waals surface area contributed by atoms with Crippen LogP contribution in [0.15, 0.2) is 66.7 Å². The van der Waals surface area contributed by atoms with Gasteiger partial charge in [0.15, 0.2) is 0 Å². The molecule has 0 aliphatic heterocycles. The Morgan fingerprint density at radius 2 is 1.67 bits per heavy atom. The number of imidazole rings is 1. The van der Waals surface area contributed by atoms with Gasteiger partial charge >= 0.3 is 6.03 Å². The molecule has 4 aromatic rings. The van der Waals surface area contributed by atoms with Gasteiger partial charge in [-0.15, -0.1) is 0 Å². The molecular weight excluding hydrogens is 372 g/mol. The zero-order chi connectivity index (χ0) is 21.1. The number of hydrogen-bond acceptors (Lipinski definition) is 2. The molecule has 0 aliphatic carbocycles. The Balaban J connectivity index is 1.36. The number of para-hydroxylation sites is 2. The minimum atomic E-state index is -0.240. The molecule has 2 N–H and O–H groups in total. The van der Waals surface area contributed by atoms with Crippen LogP contribution >= 0.6 is 0 Å². The van der Waals surface area contributed by atoms with E-state index in [1.165, 1.54) is 5.56 Å². The minimum absolute atomic E-state index is 0.240. The molecule has 1 aromatic heterocycles. The zero-order valence-electron chi connectivity index (χ0n) is 17.6. The van der Waals surface area contributed by atoms with Gasteiger partial charge in [-0.3, -0.25) is 0 Å². The van der Waals surface area contributed by atoms with Crippen LogP contribution in [0.3, 0.4) is 0 Å². The number of rotatable bonds is 5. The zero-order valence-corrected chi connectivity index (χ0v) is 17.6. The van der Waals surface area contributed by atoms with E-state index in [0.717, 1.165) is 52.2 Å². The van der Waals surface area contributed by atoms with Crippen molar-refractivity contribution in [2.45, 2.75) is 26.7 Å². The van der Waals surface area contributed by atoms with E-state index in [9.17, 15) is 4.79 Å². The summed E-state index contributed by atoms with van der Waals surface area (Å²) in [6.07, 6.45) is 1.76. The maximum atomic E-state index is 12.3. The lowest BCUT2D eigenvalue weighted by Crippen LogP contribution is -2.20. The number of aryl methyl sites for hydroxylation is 4. The molecule has 0 radical (unpaired) electrons. The largest absolute Gasteiger partial charge is 0.331 e. The number of fused-ring (bicyclic) bond motifs is 1. The fourth-order valence-corrected chi connectivity index (χ4v) is 3.60. The van der Waals surface area contributed by atoms with Gasteiger partial charge in [0.25, 0.3) is 0 Å². The summed E-state index contributed by atoms with van der Waals surface area (Å²) < 4.78 is 2.16. The van der Waals surface area contributed by atoms with Crippen molar-refractivity contribution < 1.29 is 4.79 Å². The third-order valence-corrected chi connectivity index (χ3v) is 5.58. The van der Waals surface area contributed by atoms with Gasteiger partial charge < -0.3 is 15.2 Å². The molecule has 2 amide bonds. The molecule has 0 aliphatic rings. The number of hydrogen-bond donors (Lipinski definition) is 2. The average molecular weight is 399 g/mol. The van der Waals surface area contributed by atoms with Crippen molar-refractivity contribution in [2.24, 2.45) is 7.05 Å². The molecule has 4 rings (SSSR count). The second kappa shape index (κ2) is 8.41. The molecule has 0 atom stereocenters. The highest BCUT2D eigenvalue weighted by molar-refractivity contribution is 6.00. The molecule has 5 heteroatoms. The van der Waals surface area contributed by atoms with Gasteiger partial charge in [0.1, 0.15) is 5.82 Å². The smallest absolute Gasteiger partial charge is 0.323 e. The standard InChI is InChI=1S/C25H26N4O/c1-17-7-6-9-21(18(17)2)28-25(30)26-20-14-11-19(12-15-20)13-16-24-27-22-8-4-5-10-23(22)29(24)3/h4-12,14-15H,13,16H2,1-3H3,(H2,26,28,30). The molecule has 5 nitrogen and oxygen atoms in total. The molecule has 0 saturated heterocycles. The highest BCUT2D eigenvalue weighted by atomic mass is 16.2. The number of aromatic nitrogens is 2. The van der Waals surface area contributed by atoms with Crippen LogP contribution in [0.1, 0.15) is 22.5 Å². The van der Waals surface area contributed by atoms with Crippen molar-refractivity contribution >= 4 is 28.4 Å². The first kappa shape index (κ1) is 19.7. The third-order valence-electron chi connectivity index (χ3n) is 5.58. The van der Waals surface area contributed by atoms with Gasteiger partial charge in [0, 0.05) is 24.8 Å². The minimum Gasteiger partial charge on any atom is -0.331 e. The number of nitrogens with one attached hydrogen (secondary N) is 2. The van der Waals surface area contributed by atoms with E-state index in [1.54, 1.807) is 0 Å². The predicted molar refractivity (Wildman–Crippen MR) is 123 cm³/mol. The fraction of sp³-hybridized carbons (Fsp3) is 0.200. The highest BCUT2D eigenvalue weighted by Crippen LogP contribution is 2.19. The van der Waals surface area contributed by atoms with E-state index in [1.807, 2.05) is 62.4 Å². The van der Waals surface area contributed by atoms with Gasteiger partial charge in [-0.2, -0.15) is 0 Å².